The molecule has 0 heterocycles. The van der Waals surface area contributed by atoms with Crippen LogP contribution in [0.5, 0.6) is 0 Å². The van der Waals surface area contributed by atoms with Crippen LogP contribution in [0, 0.1) is 0 Å². The zero-order valence-electron chi connectivity index (χ0n) is 6.07. The second kappa shape index (κ2) is 3.95. The third kappa shape index (κ3) is 1.87. The molecule has 0 aliphatic carbocycles. The van der Waals surface area contributed by atoms with E-state index in [1.54, 1.807) is 18.2 Å². The number of hydrogen-bond acceptors (Lipinski definition) is 1. The molecule has 0 amide bonds. The van der Waals surface area contributed by atoms with E-state index in [1.807, 2.05) is 6.07 Å². The van der Waals surface area contributed by atoms with Crippen molar-refractivity contribution in [2.75, 3.05) is 0 Å². The third-order valence-corrected chi connectivity index (χ3v) is 1.83. The summed E-state index contributed by atoms with van der Waals surface area (Å²) in [5, 5.41) is 0. The first kappa shape index (κ1) is 8.84. The van der Waals surface area contributed by atoms with Gasteiger partial charge in [-0.05, 0) is 18.2 Å². The predicted octanol–water partition coefficient (Wildman–Crippen LogP) is 1.67. The van der Waals surface area contributed by atoms with Gasteiger partial charge in [-0.2, -0.15) is 4.79 Å². The highest BCUT2D eigenvalue weighted by atomic mass is 79.9. The van der Waals surface area contributed by atoms with Crippen LogP contribution < -0.4 is 0 Å². The van der Waals surface area contributed by atoms with Gasteiger partial charge in [-0.3, -0.25) is 4.79 Å². The largest absolute Gasteiger partial charge is 0.361 e. The molecule has 0 unspecified atom stereocenters. The van der Waals surface area contributed by atoms with Crippen LogP contribution in [0.3, 0.4) is 0 Å². The van der Waals surface area contributed by atoms with Gasteiger partial charge in [0.2, 0.25) is 6.29 Å². The SMILES string of the molecule is [N-]=[N+]=C(C=O)c1cccc(Br)c1. The Labute approximate surface area is 77.8 Å². The molecule has 4 heteroatoms. The van der Waals surface area contributed by atoms with Crippen LogP contribution in [0.1, 0.15) is 5.56 Å². The first-order valence-electron chi connectivity index (χ1n) is 3.21. The quantitative estimate of drug-likeness (QED) is 0.327. The second-order valence-electron chi connectivity index (χ2n) is 2.11. The summed E-state index contributed by atoms with van der Waals surface area (Å²) in [5.74, 6) is 0. The highest BCUT2D eigenvalue weighted by Crippen LogP contribution is 2.11. The smallest absolute Gasteiger partial charge is 0.361 e. The van der Waals surface area contributed by atoms with Gasteiger partial charge in [0.1, 0.15) is 0 Å². The molecule has 1 aromatic carbocycles. The lowest BCUT2D eigenvalue weighted by atomic mass is 10.1. The number of hydrogen-bond donors (Lipinski definition) is 0. The molecule has 3 nitrogen and oxygen atoms in total. The van der Waals surface area contributed by atoms with E-state index in [4.69, 9.17) is 5.53 Å². The van der Waals surface area contributed by atoms with E-state index in [0.29, 0.717) is 11.8 Å². The van der Waals surface area contributed by atoms with Crippen LogP contribution in [-0.2, 0) is 4.79 Å². The maximum Gasteiger partial charge on any atom is 0.361 e. The summed E-state index contributed by atoms with van der Waals surface area (Å²) >= 11 is 3.24. The molecule has 0 atom stereocenters. The minimum atomic E-state index is 0.0244. The van der Waals surface area contributed by atoms with Gasteiger partial charge in [0.05, 0.1) is 5.56 Å². The van der Waals surface area contributed by atoms with Gasteiger partial charge in [0.25, 0.3) is 0 Å². The average Bonchev–Trinajstić information content (AvgIpc) is 2.07. The normalized spacial score (nSPS) is 8.75. The maximum absolute atomic E-state index is 10.3. The Balaban J connectivity index is 3.19. The summed E-state index contributed by atoms with van der Waals surface area (Å²) in [4.78, 5) is 13.2. The fourth-order valence-corrected chi connectivity index (χ4v) is 1.20. The van der Waals surface area contributed by atoms with E-state index >= 15 is 0 Å². The molecule has 0 spiro atoms. The summed E-state index contributed by atoms with van der Waals surface area (Å²) < 4.78 is 0.836. The van der Waals surface area contributed by atoms with E-state index < -0.39 is 0 Å². The summed E-state index contributed by atoms with van der Waals surface area (Å²) in [6.07, 6.45) is 0.502. The lowest BCUT2D eigenvalue weighted by molar-refractivity contribution is -0.106. The molecule has 0 saturated heterocycles. The number of aldehydes is 1. The summed E-state index contributed by atoms with van der Waals surface area (Å²) in [7, 11) is 0. The number of carbonyl (C=O) groups excluding carboxylic acids is 1. The van der Waals surface area contributed by atoms with Crippen molar-refractivity contribution in [2.24, 2.45) is 0 Å². The lowest BCUT2D eigenvalue weighted by Crippen LogP contribution is -2.02. The molecule has 60 valence electrons. The Bertz CT molecular complexity index is 356. The van der Waals surface area contributed by atoms with Crippen molar-refractivity contribution in [1.82, 2.24) is 0 Å². The Kier molecular flexibility index (Phi) is 2.91. The van der Waals surface area contributed by atoms with Gasteiger partial charge in [-0.15, -0.1) is 0 Å². The van der Waals surface area contributed by atoms with Crippen molar-refractivity contribution in [1.29, 1.82) is 0 Å². The van der Waals surface area contributed by atoms with Gasteiger partial charge in [0.15, 0.2) is 0 Å². The van der Waals surface area contributed by atoms with Crippen LogP contribution in [-0.4, -0.2) is 16.8 Å². The van der Waals surface area contributed by atoms with E-state index in [-0.39, 0.29) is 5.71 Å². The summed E-state index contributed by atoms with van der Waals surface area (Å²) in [6.45, 7) is 0. The van der Waals surface area contributed by atoms with Gasteiger partial charge >= 0.3 is 5.71 Å². The van der Waals surface area contributed by atoms with Crippen LogP contribution in [0.25, 0.3) is 5.53 Å². The Morgan fingerprint density at radius 3 is 2.83 bits per heavy atom. The minimum absolute atomic E-state index is 0.0244. The van der Waals surface area contributed by atoms with Crippen LogP contribution in [0.4, 0.5) is 0 Å². The van der Waals surface area contributed by atoms with Crippen LogP contribution >= 0.6 is 15.9 Å². The molecule has 1 rings (SSSR count). The molecule has 12 heavy (non-hydrogen) atoms. The topological polar surface area (TPSA) is 53.5 Å². The van der Waals surface area contributed by atoms with Crippen molar-refractivity contribution >= 4 is 27.9 Å². The molecule has 0 fully saturated rings. The van der Waals surface area contributed by atoms with Crippen molar-refractivity contribution in [2.45, 2.75) is 0 Å². The van der Waals surface area contributed by atoms with Gasteiger partial charge in [-0.25, -0.2) is 0 Å². The average molecular weight is 225 g/mol. The molecular weight excluding hydrogens is 220 g/mol. The van der Waals surface area contributed by atoms with Crippen molar-refractivity contribution in [3.63, 3.8) is 0 Å². The minimum Gasteiger partial charge on any atom is -0.361 e. The first-order valence-corrected chi connectivity index (χ1v) is 4.00. The fraction of sp³-hybridized carbons (Fsp3) is 0. The van der Waals surface area contributed by atoms with E-state index in [1.165, 1.54) is 0 Å². The molecule has 0 aromatic heterocycles. The second-order valence-corrected chi connectivity index (χ2v) is 3.03. The van der Waals surface area contributed by atoms with Crippen molar-refractivity contribution in [3.8, 4) is 0 Å². The molecule has 1 aromatic rings. The number of halogens is 1. The third-order valence-electron chi connectivity index (χ3n) is 1.34. The molecule has 0 N–H and O–H groups in total. The van der Waals surface area contributed by atoms with Crippen LogP contribution in [0.2, 0.25) is 0 Å². The standard InChI is InChI=1S/C8H5BrN2O/c9-7-3-1-2-6(4-7)8(5-12)11-10/h1-5H. The highest BCUT2D eigenvalue weighted by molar-refractivity contribution is 9.10. The first-order chi connectivity index (χ1) is 5.77. The zero-order chi connectivity index (χ0) is 8.97. The molecule has 0 bridgehead atoms. The number of rotatable bonds is 2. The summed E-state index contributed by atoms with van der Waals surface area (Å²) in [6, 6.07) is 6.97. The maximum atomic E-state index is 10.3. The van der Waals surface area contributed by atoms with Gasteiger partial charge < -0.3 is 5.53 Å². The van der Waals surface area contributed by atoms with Crippen molar-refractivity contribution in [3.05, 3.63) is 39.8 Å². The van der Waals surface area contributed by atoms with Gasteiger partial charge in [0, 0.05) is 4.47 Å². The van der Waals surface area contributed by atoms with E-state index in [0.717, 1.165) is 4.47 Å². The number of nitrogens with zero attached hydrogens (tertiary/aromatic N) is 2. The summed E-state index contributed by atoms with van der Waals surface area (Å²) in [5.41, 5.74) is 9.02. The molecule has 0 aliphatic rings. The lowest BCUT2D eigenvalue weighted by Gasteiger charge is -1.90. The highest BCUT2D eigenvalue weighted by Gasteiger charge is 2.09. The molecule has 0 aliphatic heterocycles. The Hall–Kier alpha value is -1.25. The number of benzene rings is 1. The molecular formula is C8H5BrN2O. The number of carbonyl (C=O) groups is 1. The van der Waals surface area contributed by atoms with Crippen LogP contribution in [0.15, 0.2) is 28.7 Å². The Morgan fingerprint density at radius 2 is 2.33 bits per heavy atom. The van der Waals surface area contributed by atoms with E-state index in [2.05, 4.69) is 20.7 Å². The Morgan fingerprint density at radius 1 is 1.58 bits per heavy atom. The van der Waals surface area contributed by atoms with Gasteiger partial charge in [-0.1, -0.05) is 22.0 Å². The monoisotopic (exact) mass is 224 g/mol. The fourth-order valence-electron chi connectivity index (χ4n) is 0.797. The van der Waals surface area contributed by atoms with Crippen molar-refractivity contribution < 1.29 is 9.58 Å². The predicted molar refractivity (Wildman–Crippen MR) is 47.9 cm³/mol. The molecule has 0 radical (unpaired) electrons. The zero-order valence-corrected chi connectivity index (χ0v) is 7.65. The van der Waals surface area contributed by atoms with E-state index in [9.17, 15) is 4.79 Å². The molecule has 0 saturated carbocycles.